The summed E-state index contributed by atoms with van der Waals surface area (Å²) in [6, 6.07) is 0. The van der Waals surface area contributed by atoms with Gasteiger partial charge < -0.3 is 5.41 Å². The quantitative estimate of drug-likeness (QED) is 0.671. The van der Waals surface area contributed by atoms with Gasteiger partial charge in [0, 0.05) is 7.05 Å². The van der Waals surface area contributed by atoms with Crippen molar-refractivity contribution >= 4 is 11.4 Å². The molecule has 0 spiro atoms. The summed E-state index contributed by atoms with van der Waals surface area (Å²) < 4.78 is 0. The van der Waals surface area contributed by atoms with Gasteiger partial charge in [0.1, 0.15) is 0 Å². The van der Waals surface area contributed by atoms with Gasteiger partial charge in [-0.15, -0.1) is 0 Å². The predicted octanol–water partition coefficient (Wildman–Crippen LogP) is 4.19. The Labute approximate surface area is 115 Å². The van der Waals surface area contributed by atoms with E-state index in [4.69, 9.17) is 5.41 Å². The SMILES string of the molecule is CN=C1C(C)=CC(=C2C=C(C)C(=N)C(C)=C2)C=C1C. The van der Waals surface area contributed by atoms with E-state index in [1.807, 2.05) is 20.9 Å². The zero-order valence-corrected chi connectivity index (χ0v) is 12.3. The minimum absolute atomic E-state index is 0.636. The summed E-state index contributed by atoms with van der Waals surface area (Å²) in [6.07, 6.45) is 8.53. The fourth-order valence-electron chi connectivity index (χ4n) is 2.61. The molecule has 0 fully saturated rings. The van der Waals surface area contributed by atoms with Crippen LogP contribution in [0.3, 0.4) is 0 Å². The summed E-state index contributed by atoms with van der Waals surface area (Å²) in [5.74, 6) is 0. The predicted molar refractivity (Wildman–Crippen MR) is 83.1 cm³/mol. The van der Waals surface area contributed by atoms with E-state index in [0.29, 0.717) is 5.71 Å². The fourth-order valence-corrected chi connectivity index (χ4v) is 2.61. The molecule has 2 aliphatic rings. The Hall–Kier alpha value is -1.96. The number of nitrogens with one attached hydrogen (secondary N) is 1. The van der Waals surface area contributed by atoms with Crippen molar-refractivity contribution in [1.29, 1.82) is 5.41 Å². The Kier molecular flexibility index (Phi) is 3.52. The molecule has 1 N–H and O–H groups in total. The van der Waals surface area contributed by atoms with Crippen LogP contribution in [-0.4, -0.2) is 18.5 Å². The largest absolute Gasteiger partial charge is 0.300 e. The molecule has 0 aromatic carbocycles. The molecule has 2 aliphatic carbocycles. The normalized spacial score (nSPS) is 19.8. The van der Waals surface area contributed by atoms with E-state index in [1.165, 1.54) is 22.3 Å². The average Bonchev–Trinajstić information content (AvgIpc) is 2.35. The molecule has 19 heavy (non-hydrogen) atoms. The molecule has 0 amide bonds. The van der Waals surface area contributed by atoms with Gasteiger partial charge >= 0.3 is 0 Å². The maximum Gasteiger partial charge on any atom is 0.0629 e. The summed E-state index contributed by atoms with van der Waals surface area (Å²) in [5.41, 5.74) is 8.54. The zero-order chi connectivity index (χ0) is 14.2. The summed E-state index contributed by atoms with van der Waals surface area (Å²) >= 11 is 0. The van der Waals surface area contributed by atoms with Gasteiger partial charge in [0.2, 0.25) is 0 Å². The molecule has 0 saturated heterocycles. The van der Waals surface area contributed by atoms with Crippen molar-refractivity contribution in [3.8, 4) is 0 Å². The second-order valence-corrected chi connectivity index (χ2v) is 5.17. The van der Waals surface area contributed by atoms with Crippen LogP contribution in [0, 0.1) is 5.41 Å². The Morgan fingerprint density at radius 3 is 1.47 bits per heavy atom. The van der Waals surface area contributed by atoms with Crippen molar-refractivity contribution in [1.82, 2.24) is 0 Å². The Balaban J connectivity index is 2.57. The van der Waals surface area contributed by atoms with Crippen LogP contribution in [0.25, 0.3) is 0 Å². The first kappa shape index (κ1) is 13.5. The van der Waals surface area contributed by atoms with Crippen LogP contribution in [0.5, 0.6) is 0 Å². The molecule has 0 saturated carbocycles. The molecule has 0 aliphatic heterocycles. The molecular weight excluding hydrogens is 232 g/mol. The second kappa shape index (κ2) is 4.96. The van der Waals surface area contributed by atoms with Gasteiger partial charge in [0.05, 0.1) is 11.4 Å². The highest BCUT2D eigenvalue weighted by Crippen LogP contribution is 2.27. The van der Waals surface area contributed by atoms with E-state index in [-0.39, 0.29) is 0 Å². The Morgan fingerprint density at radius 2 is 1.11 bits per heavy atom. The van der Waals surface area contributed by atoms with Gasteiger partial charge in [0.25, 0.3) is 0 Å². The van der Waals surface area contributed by atoms with E-state index < -0.39 is 0 Å². The number of nitrogens with zero attached hydrogens (tertiary/aromatic N) is 1. The van der Waals surface area contributed by atoms with E-state index in [1.54, 1.807) is 0 Å². The van der Waals surface area contributed by atoms with Crippen molar-refractivity contribution in [2.24, 2.45) is 4.99 Å². The Bertz CT molecular complexity index is 584. The zero-order valence-electron chi connectivity index (χ0n) is 12.3. The van der Waals surface area contributed by atoms with E-state index in [9.17, 15) is 0 Å². The molecule has 0 radical (unpaired) electrons. The van der Waals surface area contributed by atoms with Crippen LogP contribution in [0.1, 0.15) is 27.7 Å². The van der Waals surface area contributed by atoms with Crippen LogP contribution >= 0.6 is 0 Å². The highest BCUT2D eigenvalue weighted by molar-refractivity contribution is 6.14. The summed E-state index contributed by atoms with van der Waals surface area (Å²) in [6.45, 7) is 8.18. The van der Waals surface area contributed by atoms with Crippen LogP contribution in [0.4, 0.5) is 0 Å². The first-order chi connectivity index (χ1) is 8.93. The van der Waals surface area contributed by atoms with Crippen molar-refractivity contribution in [2.75, 3.05) is 7.05 Å². The lowest BCUT2D eigenvalue weighted by Gasteiger charge is -2.18. The monoisotopic (exact) mass is 252 g/mol. The van der Waals surface area contributed by atoms with Crippen LogP contribution in [0.15, 0.2) is 62.7 Å². The van der Waals surface area contributed by atoms with Gasteiger partial charge in [-0.3, -0.25) is 4.99 Å². The van der Waals surface area contributed by atoms with Crippen molar-refractivity contribution in [3.05, 3.63) is 57.7 Å². The minimum atomic E-state index is 0.636. The highest BCUT2D eigenvalue weighted by Gasteiger charge is 2.15. The lowest BCUT2D eigenvalue weighted by Crippen LogP contribution is -2.10. The van der Waals surface area contributed by atoms with Gasteiger partial charge in [-0.1, -0.05) is 0 Å². The third-order valence-corrected chi connectivity index (χ3v) is 3.58. The van der Waals surface area contributed by atoms with Crippen molar-refractivity contribution in [3.63, 3.8) is 0 Å². The maximum absolute atomic E-state index is 7.94. The van der Waals surface area contributed by atoms with Gasteiger partial charge in [-0.25, -0.2) is 0 Å². The third kappa shape index (κ3) is 2.43. The second-order valence-electron chi connectivity index (χ2n) is 5.17. The molecule has 0 unspecified atom stereocenters. The van der Waals surface area contributed by atoms with E-state index >= 15 is 0 Å². The van der Waals surface area contributed by atoms with Gasteiger partial charge in [-0.05, 0) is 85.4 Å². The number of hydrogen-bond acceptors (Lipinski definition) is 2. The maximum atomic E-state index is 7.94. The average molecular weight is 252 g/mol. The van der Waals surface area contributed by atoms with Gasteiger partial charge in [-0.2, -0.15) is 0 Å². The number of aliphatic imine (C=N–C) groups is 1. The number of rotatable bonds is 0. The lowest BCUT2D eigenvalue weighted by atomic mass is 9.87. The molecule has 2 rings (SSSR count). The van der Waals surface area contributed by atoms with E-state index in [0.717, 1.165) is 16.9 Å². The van der Waals surface area contributed by atoms with Crippen molar-refractivity contribution < 1.29 is 0 Å². The third-order valence-electron chi connectivity index (χ3n) is 3.58. The van der Waals surface area contributed by atoms with Crippen LogP contribution in [0.2, 0.25) is 0 Å². The van der Waals surface area contributed by atoms with Crippen LogP contribution in [-0.2, 0) is 0 Å². The topological polar surface area (TPSA) is 36.2 Å². The first-order valence-electron chi connectivity index (χ1n) is 6.48. The Morgan fingerprint density at radius 1 is 0.737 bits per heavy atom. The molecule has 2 heteroatoms. The smallest absolute Gasteiger partial charge is 0.0629 e. The summed E-state index contributed by atoms with van der Waals surface area (Å²) in [7, 11) is 1.83. The summed E-state index contributed by atoms with van der Waals surface area (Å²) in [5, 5.41) is 7.94. The standard InChI is InChI=1S/C17H20N2/c1-10-6-14(7-11(2)16(10)18)15-8-12(3)17(19-5)13(4)9-15/h6-9,18H,1-5H3. The molecule has 2 nitrogen and oxygen atoms in total. The molecule has 98 valence electrons. The molecule has 0 atom stereocenters. The molecule has 0 aromatic heterocycles. The van der Waals surface area contributed by atoms with Gasteiger partial charge in [0.15, 0.2) is 0 Å². The number of allylic oxidation sites excluding steroid dienone is 10. The lowest BCUT2D eigenvalue weighted by molar-refractivity contribution is 1.31. The summed E-state index contributed by atoms with van der Waals surface area (Å²) in [4.78, 5) is 4.32. The number of hydrogen-bond donors (Lipinski definition) is 1. The molecule has 0 heterocycles. The molecular formula is C17H20N2. The molecule has 0 bridgehead atoms. The van der Waals surface area contributed by atoms with Crippen LogP contribution < -0.4 is 0 Å². The van der Waals surface area contributed by atoms with E-state index in [2.05, 4.69) is 43.1 Å². The van der Waals surface area contributed by atoms with Crippen molar-refractivity contribution in [2.45, 2.75) is 27.7 Å². The highest BCUT2D eigenvalue weighted by atomic mass is 14.7. The first-order valence-corrected chi connectivity index (χ1v) is 6.48. The molecule has 0 aromatic rings. The fraction of sp³-hybridized carbons (Fsp3) is 0.294. The minimum Gasteiger partial charge on any atom is -0.300 e.